The molecule has 1 aliphatic heterocycles. The molecule has 1 unspecified atom stereocenters. The lowest BCUT2D eigenvalue weighted by atomic mass is 10.1. The van der Waals surface area contributed by atoms with Gasteiger partial charge in [-0.3, -0.25) is 14.5 Å². The molecule has 4 rings (SSSR count). The Kier molecular flexibility index (Phi) is 7.42. The highest BCUT2D eigenvalue weighted by Gasteiger charge is 2.35. The van der Waals surface area contributed by atoms with Gasteiger partial charge in [-0.2, -0.15) is 0 Å². The van der Waals surface area contributed by atoms with Crippen molar-refractivity contribution in [2.24, 2.45) is 0 Å². The Labute approximate surface area is 201 Å². The van der Waals surface area contributed by atoms with Gasteiger partial charge in [-0.05, 0) is 61.0 Å². The third-order valence-electron chi connectivity index (χ3n) is 4.93. The van der Waals surface area contributed by atoms with Gasteiger partial charge in [-0.15, -0.1) is 11.8 Å². The Balaban J connectivity index is 1.48. The van der Waals surface area contributed by atoms with Crippen molar-refractivity contribution in [3.8, 4) is 11.5 Å². The molecule has 8 heteroatoms. The van der Waals surface area contributed by atoms with Crippen molar-refractivity contribution in [1.29, 1.82) is 0 Å². The molecular formula is C25H23ClN2O4S. The van der Waals surface area contributed by atoms with Crippen molar-refractivity contribution in [1.82, 2.24) is 0 Å². The summed E-state index contributed by atoms with van der Waals surface area (Å²) in [4.78, 5) is 26.9. The quantitative estimate of drug-likeness (QED) is 0.457. The zero-order chi connectivity index (χ0) is 23.2. The number of hydrogen-bond donors (Lipinski definition) is 1. The number of rotatable bonds is 8. The molecule has 1 aliphatic rings. The molecule has 1 atom stereocenters. The molecule has 0 aliphatic carbocycles. The summed E-state index contributed by atoms with van der Waals surface area (Å²) in [6, 6.07) is 21.9. The summed E-state index contributed by atoms with van der Waals surface area (Å²) in [6.45, 7) is 2.30. The molecule has 1 heterocycles. The molecule has 1 N–H and O–H groups in total. The summed E-state index contributed by atoms with van der Waals surface area (Å²) in [5, 5.41) is 3.24. The van der Waals surface area contributed by atoms with Gasteiger partial charge in [0.2, 0.25) is 5.91 Å². The molecule has 0 aromatic heterocycles. The molecule has 33 heavy (non-hydrogen) atoms. The number of hydrogen-bond acceptors (Lipinski definition) is 5. The summed E-state index contributed by atoms with van der Waals surface area (Å²) in [6.07, 6.45) is 0. The minimum Gasteiger partial charge on any atom is -0.492 e. The summed E-state index contributed by atoms with van der Waals surface area (Å²) < 4.78 is 11.3. The van der Waals surface area contributed by atoms with Crippen LogP contribution in [-0.2, 0) is 9.59 Å². The number of carbonyl (C=O) groups is 2. The molecule has 1 saturated heterocycles. The van der Waals surface area contributed by atoms with E-state index in [1.165, 1.54) is 0 Å². The summed E-state index contributed by atoms with van der Waals surface area (Å²) in [7, 11) is 0. The number of halogens is 1. The van der Waals surface area contributed by atoms with Gasteiger partial charge in [-0.25, -0.2) is 0 Å². The van der Waals surface area contributed by atoms with E-state index in [0.29, 0.717) is 34.6 Å². The van der Waals surface area contributed by atoms with E-state index in [2.05, 4.69) is 5.32 Å². The van der Waals surface area contributed by atoms with Crippen LogP contribution in [0, 0.1) is 0 Å². The molecule has 6 nitrogen and oxygen atoms in total. The van der Waals surface area contributed by atoms with Crippen molar-refractivity contribution in [2.75, 3.05) is 29.2 Å². The van der Waals surface area contributed by atoms with Crippen LogP contribution in [0.15, 0.2) is 72.8 Å². The molecule has 3 aromatic carbocycles. The normalized spacial score (nSPS) is 15.4. The fourth-order valence-corrected chi connectivity index (χ4v) is 4.80. The van der Waals surface area contributed by atoms with Gasteiger partial charge in [0.05, 0.1) is 18.0 Å². The maximum Gasteiger partial charge on any atom is 0.262 e. The second-order valence-corrected chi connectivity index (χ2v) is 8.75. The Morgan fingerprint density at radius 3 is 2.67 bits per heavy atom. The van der Waals surface area contributed by atoms with Crippen molar-refractivity contribution in [2.45, 2.75) is 12.3 Å². The van der Waals surface area contributed by atoms with Gasteiger partial charge < -0.3 is 14.8 Å². The average Bonchev–Trinajstić information content (AvgIpc) is 3.21. The number of carbonyl (C=O) groups excluding carboxylic acids is 2. The topological polar surface area (TPSA) is 67.9 Å². The molecule has 2 amide bonds. The number of nitrogens with zero attached hydrogens (tertiary/aromatic N) is 1. The van der Waals surface area contributed by atoms with E-state index in [0.717, 1.165) is 11.3 Å². The predicted molar refractivity (Wildman–Crippen MR) is 132 cm³/mol. The maximum atomic E-state index is 12.8. The Hall–Kier alpha value is -3.16. The molecule has 3 aromatic rings. The first kappa shape index (κ1) is 23.0. The zero-order valence-electron chi connectivity index (χ0n) is 18.0. The standard InChI is InChI=1S/C25H23ClN2O4S/c1-2-31-22-9-4-3-8-21(22)28-24(30)16-33-25(28)17-6-5-7-19(14-17)27-23(29)15-32-20-12-10-18(26)11-13-20/h3-14,25H,2,15-16H2,1H3,(H,27,29). The molecule has 0 radical (unpaired) electrons. The maximum absolute atomic E-state index is 12.8. The summed E-state index contributed by atoms with van der Waals surface area (Å²) in [5.74, 6) is 1.34. The van der Waals surface area contributed by atoms with Gasteiger partial charge in [0.25, 0.3) is 5.91 Å². The van der Waals surface area contributed by atoms with E-state index < -0.39 is 0 Å². The van der Waals surface area contributed by atoms with Gasteiger partial charge in [0.1, 0.15) is 16.9 Å². The number of para-hydroxylation sites is 2. The zero-order valence-corrected chi connectivity index (χ0v) is 19.6. The van der Waals surface area contributed by atoms with Gasteiger partial charge in [0, 0.05) is 10.7 Å². The first-order chi connectivity index (χ1) is 16.0. The molecule has 1 fully saturated rings. The lowest BCUT2D eigenvalue weighted by Crippen LogP contribution is -2.28. The van der Waals surface area contributed by atoms with Gasteiger partial charge in [0.15, 0.2) is 6.61 Å². The van der Waals surface area contributed by atoms with Crippen LogP contribution in [0.25, 0.3) is 0 Å². The third-order valence-corrected chi connectivity index (χ3v) is 6.40. The lowest BCUT2D eigenvalue weighted by Gasteiger charge is -2.26. The smallest absolute Gasteiger partial charge is 0.262 e. The number of nitrogens with one attached hydrogen (secondary N) is 1. The van der Waals surface area contributed by atoms with Crippen molar-refractivity contribution in [3.63, 3.8) is 0 Å². The highest BCUT2D eigenvalue weighted by atomic mass is 35.5. The van der Waals surface area contributed by atoms with E-state index in [1.807, 2.05) is 55.5 Å². The Morgan fingerprint density at radius 1 is 1.09 bits per heavy atom. The third kappa shape index (κ3) is 5.61. The van der Waals surface area contributed by atoms with Gasteiger partial charge in [-0.1, -0.05) is 35.9 Å². The van der Waals surface area contributed by atoms with E-state index in [9.17, 15) is 9.59 Å². The second-order valence-electron chi connectivity index (χ2n) is 7.24. The van der Waals surface area contributed by atoms with Crippen molar-refractivity contribution >= 4 is 46.6 Å². The average molecular weight is 483 g/mol. The lowest BCUT2D eigenvalue weighted by molar-refractivity contribution is -0.118. The summed E-state index contributed by atoms with van der Waals surface area (Å²) >= 11 is 7.41. The molecule has 0 spiro atoms. The van der Waals surface area contributed by atoms with Crippen LogP contribution in [0.1, 0.15) is 17.9 Å². The highest BCUT2D eigenvalue weighted by molar-refractivity contribution is 8.00. The monoisotopic (exact) mass is 482 g/mol. The molecule has 170 valence electrons. The number of benzene rings is 3. The minimum atomic E-state index is -0.282. The number of amides is 2. The van der Waals surface area contributed by atoms with Crippen molar-refractivity contribution < 1.29 is 19.1 Å². The minimum absolute atomic E-state index is 0.0166. The van der Waals surface area contributed by atoms with Crippen LogP contribution in [-0.4, -0.2) is 30.8 Å². The number of anilines is 2. The molecule has 0 saturated carbocycles. The second kappa shape index (κ2) is 10.6. The van der Waals surface area contributed by atoms with Crippen LogP contribution in [0.3, 0.4) is 0 Å². The number of ether oxygens (including phenoxy) is 2. The van der Waals surface area contributed by atoms with E-state index in [4.69, 9.17) is 21.1 Å². The number of thioether (sulfide) groups is 1. The largest absolute Gasteiger partial charge is 0.492 e. The van der Waals surface area contributed by atoms with Crippen LogP contribution in [0.4, 0.5) is 11.4 Å². The van der Waals surface area contributed by atoms with Crippen LogP contribution >= 0.6 is 23.4 Å². The van der Waals surface area contributed by atoms with Crippen molar-refractivity contribution in [3.05, 3.63) is 83.4 Å². The van der Waals surface area contributed by atoms with E-state index in [1.54, 1.807) is 40.9 Å². The Bertz CT molecular complexity index is 1140. The fourth-order valence-electron chi connectivity index (χ4n) is 3.51. The molecular weight excluding hydrogens is 460 g/mol. The van der Waals surface area contributed by atoms with Crippen LogP contribution < -0.4 is 19.7 Å². The first-order valence-electron chi connectivity index (χ1n) is 10.5. The first-order valence-corrected chi connectivity index (χ1v) is 11.9. The highest BCUT2D eigenvalue weighted by Crippen LogP contribution is 2.45. The van der Waals surface area contributed by atoms with Crippen LogP contribution in [0.5, 0.6) is 11.5 Å². The Morgan fingerprint density at radius 2 is 1.88 bits per heavy atom. The van der Waals surface area contributed by atoms with E-state index >= 15 is 0 Å². The van der Waals surface area contributed by atoms with Gasteiger partial charge >= 0.3 is 0 Å². The SMILES string of the molecule is CCOc1ccccc1N1C(=O)CSC1c1cccc(NC(=O)COc2ccc(Cl)cc2)c1. The molecule has 0 bridgehead atoms. The predicted octanol–water partition coefficient (Wildman–Crippen LogP) is 5.53. The fraction of sp³-hybridized carbons (Fsp3) is 0.200. The van der Waals surface area contributed by atoms with Crippen LogP contribution in [0.2, 0.25) is 5.02 Å². The summed E-state index contributed by atoms with van der Waals surface area (Å²) in [5.41, 5.74) is 2.29. The van der Waals surface area contributed by atoms with E-state index in [-0.39, 0.29) is 23.8 Å².